The molecule has 4 heterocycles. The van der Waals surface area contributed by atoms with Gasteiger partial charge in [0.25, 0.3) is 5.91 Å². The number of carbonyl (C=O) groups excluding carboxylic acids is 1. The van der Waals surface area contributed by atoms with Gasteiger partial charge in [-0.2, -0.15) is 5.10 Å². The van der Waals surface area contributed by atoms with Crippen molar-refractivity contribution in [3.63, 3.8) is 0 Å². The molecule has 8 heteroatoms. The van der Waals surface area contributed by atoms with Crippen LogP contribution in [0.5, 0.6) is 0 Å². The minimum absolute atomic E-state index is 0.0711. The zero-order valence-corrected chi connectivity index (χ0v) is 18.4. The van der Waals surface area contributed by atoms with E-state index >= 15 is 0 Å². The van der Waals surface area contributed by atoms with Crippen LogP contribution in [0.15, 0.2) is 54.0 Å². The minimum atomic E-state index is -0.0711. The molecule has 5 rings (SSSR count). The van der Waals surface area contributed by atoms with Crippen LogP contribution in [-0.4, -0.2) is 42.2 Å². The molecule has 0 fully saturated rings. The fourth-order valence-electron chi connectivity index (χ4n) is 3.84. The Balaban J connectivity index is 1.47. The number of fused-ring (bicyclic) bond motifs is 2. The maximum absolute atomic E-state index is 13.4. The topological polar surface area (TPSA) is 68.8 Å². The quantitative estimate of drug-likeness (QED) is 0.423. The van der Waals surface area contributed by atoms with E-state index in [9.17, 15) is 4.79 Å². The van der Waals surface area contributed by atoms with Crippen molar-refractivity contribution in [1.29, 1.82) is 0 Å². The van der Waals surface area contributed by atoms with E-state index in [1.165, 1.54) is 4.88 Å². The van der Waals surface area contributed by atoms with Crippen LogP contribution in [0.25, 0.3) is 22.1 Å². The summed E-state index contributed by atoms with van der Waals surface area (Å²) >= 11 is 1.68. The van der Waals surface area contributed by atoms with Crippen molar-refractivity contribution in [2.75, 3.05) is 7.05 Å². The molecule has 0 aliphatic heterocycles. The maximum Gasteiger partial charge on any atom is 0.254 e. The molecule has 0 spiro atoms. The summed E-state index contributed by atoms with van der Waals surface area (Å²) in [6.45, 7) is 2.96. The fourth-order valence-corrected chi connectivity index (χ4v) is 4.53. The Morgan fingerprint density at radius 3 is 2.77 bits per heavy atom. The Morgan fingerprint density at radius 1 is 1.16 bits per heavy atom. The van der Waals surface area contributed by atoms with E-state index in [-0.39, 0.29) is 5.91 Å². The lowest BCUT2D eigenvalue weighted by molar-refractivity contribution is 0.0782. The molecule has 0 bridgehead atoms. The lowest BCUT2D eigenvalue weighted by Gasteiger charge is -2.18. The fraction of sp³-hybridized carbons (Fsp3) is 0.217. The van der Waals surface area contributed by atoms with Crippen LogP contribution in [0.2, 0.25) is 0 Å². The van der Waals surface area contributed by atoms with Gasteiger partial charge < -0.3 is 9.47 Å². The Labute approximate surface area is 183 Å². The number of imidazole rings is 1. The minimum Gasteiger partial charge on any atom is -0.334 e. The third-order valence-electron chi connectivity index (χ3n) is 5.46. The molecule has 1 amide bonds. The van der Waals surface area contributed by atoms with E-state index in [2.05, 4.69) is 16.1 Å². The average Bonchev–Trinajstić information content (AvgIpc) is 3.49. The first-order valence-corrected chi connectivity index (χ1v) is 10.9. The molecule has 31 heavy (non-hydrogen) atoms. The summed E-state index contributed by atoms with van der Waals surface area (Å²) in [5.74, 6) is 0.769. The van der Waals surface area contributed by atoms with Gasteiger partial charge in [-0.15, -0.1) is 11.3 Å². The van der Waals surface area contributed by atoms with Gasteiger partial charge in [0.2, 0.25) is 0 Å². The van der Waals surface area contributed by atoms with Crippen molar-refractivity contribution >= 4 is 39.3 Å². The summed E-state index contributed by atoms with van der Waals surface area (Å²) in [5.41, 5.74) is 4.11. The van der Waals surface area contributed by atoms with Gasteiger partial charge in [-0.3, -0.25) is 4.79 Å². The monoisotopic (exact) mass is 430 g/mol. The molecule has 0 aliphatic rings. The third kappa shape index (κ3) is 3.48. The number of hydrogen-bond donors (Lipinski definition) is 0. The zero-order valence-electron chi connectivity index (χ0n) is 17.6. The van der Waals surface area contributed by atoms with Gasteiger partial charge in [0.05, 0.1) is 41.3 Å². The number of carbonyl (C=O) groups is 1. The smallest absolute Gasteiger partial charge is 0.254 e. The number of amides is 1. The number of hydrogen-bond acceptors (Lipinski definition) is 5. The molecule has 0 unspecified atom stereocenters. The van der Waals surface area contributed by atoms with E-state index < -0.39 is 0 Å². The van der Waals surface area contributed by atoms with Gasteiger partial charge in [0, 0.05) is 24.7 Å². The molecule has 0 saturated carbocycles. The van der Waals surface area contributed by atoms with Crippen molar-refractivity contribution in [2.45, 2.75) is 20.0 Å². The van der Waals surface area contributed by atoms with E-state index in [0.29, 0.717) is 18.7 Å². The highest BCUT2D eigenvalue weighted by Gasteiger charge is 2.21. The molecule has 1 aromatic carbocycles. The first-order valence-electron chi connectivity index (χ1n) is 10.0. The largest absolute Gasteiger partial charge is 0.334 e. The molecule has 4 aromatic heterocycles. The summed E-state index contributed by atoms with van der Waals surface area (Å²) in [5, 5.41) is 7.33. The Hall–Kier alpha value is -3.52. The van der Waals surface area contributed by atoms with Crippen LogP contribution < -0.4 is 0 Å². The van der Waals surface area contributed by atoms with Crippen LogP contribution in [0, 0.1) is 6.92 Å². The van der Waals surface area contributed by atoms with Crippen molar-refractivity contribution < 1.29 is 4.79 Å². The number of nitrogens with zero attached hydrogens (tertiary/aromatic N) is 6. The number of benzene rings is 1. The van der Waals surface area contributed by atoms with Crippen LogP contribution >= 0.6 is 11.3 Å². The predicted molar refractivity (Wildman–Crippen MR) is 122 cm³/mol. The molecular weight excluding hydrogens is 408 g/mol. The third-order valence-corrected chi connectivity index (χ3v) is 6.32. The number of aromatic nitrogens is 5. The normalized spacial score (nSPS) is 11.5. The van der Waals surface area contributed by atoms with Crippen molar-refractivity contribution in [1.82, 2.24) is 29.2 Å². The summed E-state index contributed by atoms with van der Waals surface area (Å²) in [6, 6.07) is 13.9. The Morgan fingerprint density at radius 2 is 2.00 bits per heavy atom. The summed E-state index contributed by atoms with van der Waals surface area (Å²) < 4.78 is 3.89. The van der Waals surface area contributed by atoms with Crippen LogP contribution in [-0.2, 0) is 20.1 Å². The predicted octanol–water partition coefficient (Wildman–Crippen LogP) is 4.01. The molecule has 0 N–H and O–H groups in total. The van der Waals surface area contributed by atoms with Gasteiger partial charge in [-0.05, 0) is 36.6 Å². The summed E-state index contributed by atoms with van der Waals surface area (Å²) in [6.07, 6.45) is 1.74. The second-order valence-electron chi connectivity index (χ2n) is 7.67. The van der Waals surface area contributed by atoms with E-state index in [0.717, 1.165) is 33.6 Å². The lowest BCUT2D eigenvalue weighted by atomic mass is 10.1. The molecule has 0 atom stereocenters. The Kier molecular flexibility index (Phi) is 4.78. The highest BCUT2D eigenvalue weighted by atomic mass is 32.1. The SMILES string of the molecule is Cc1cc(C(=O)N(C)Cc2nc3ccccc3n2C)c2cnn(Cc3cccs3)c2n1. The average molecular weight is 431 g/mol. The second kappa shape index (κ2) is 7.63. The van der Waals surface area contributed by atoms with Crippen LogP contribution in [0.1, 0.15) is 26.8 Å². The van der Waals surface area contributed by atoms with Crippen molar-refractivity contribution in [2.24, 2.45) is 7.05 Å². The highest BCUT2D eigenvalue weighted by Crippen LogP contribution is 2.22. The van der Waals surface area contributed by atoms with Crippen LogP contribution in [0.3, 0.4) is 0 Å². The highest BCUT2D eigenvalue weighted by molar-refractivity contribution is 7.09. The van der Waals surface area contributed by atoms with E-state index in [1.807, 2.05) is 65.0 Å². The van der Waals surface area contributed by atoms with Gasteiger partial charge in [0.15, 0.2) is 5.65 Å². The second-order valence-corrected chi connectivity index (χ2v) is 8.70. The van der Waals surface area contributed by atoms with Crippen molar-refractivity contribution in [3.8, 4) is 0 Å². The Bertz CT molecular complexity index is 1400. The molecule has 0 aliphatic carbocycles. The lowest BCUT2D eigenvalue weighted by Crippen LogP contribution is -2.28. The molecule has 5 aromatic rings. The number of pyridine rings is 1. The zero-order chi connectivity index (χ0) is 21.5. The van der Waals surface area contributed by atoms with Crippen LogP contribution in [0.4, 0.5) is 0 Å². The molecule has 0 radical (unpaired) electrons. The van der Waals surface area contributed by atoms with Gasteiger partial charge in [-0.1, -0.05) is 18.2 Å². The molecular formula is C23H22N6OS. The molecule has 7 nitrogen and oxygen atoms in total. The van der Waals surface area contributed by atoms with Crippen molar-refractivity contribution in [3.05, 3.63) is 76.0 Å². The summed E-state index contributed by atoms with van der Waals surface area (Å²) in [4.78, 5) is 25.6. The molecule has 0 saturated heterocycles. The first kappa shape index (κ1) is 19.4. The van der Waals surface area contributed by atoms with Gasteiger partial charge in [-0.25, -0.2) is 14.6 Å². The van der Waals surface area contributed by atoms with E-state index in [1.54, 1.807) is 29.5 Å². The number of aryl methyl sites for hydroxylation is 2. The number of rotatable bonds is 5. The number of para-hydroxylation sites is 2. The first-order chi connectivity index (χ1) is 15.0. The maximum atomic E-state index is 13.4. The standard InChI is InChI=1S/C23H22N6OS/c1-15-11-17(18-12-24-29(22(18)25-15)13-16-7-6-10-31-16)23(30)27(2)14-21-26-19-8-4-5-9-20(19)28(21)3/h4-12H,13-14H2,1-3H3. The van der Waals surface area contributed by atoms with Gasteiger partial charge >= 0.3 is 0 Å². The summed E-state index contributed by atoms with van der Waals surface area (Å²) in [7, 11) is 3.78. The van der Waals surface area contributed by atoms with Gasteiger partial charge in [0.1, 0.15) is 5.82 Å². The van der Waals surface area contributed by atoms with E-state index in [4.69, 9.17) is 4.98 Å². The molecule has 156 valence electrons. The number of thiophene rings is 1.